The topological polar surface area (TPSA) is 76.9 Å². The molecule has 0 saturated heterocycles. The van der Waals surface area contributed by atoms with Crippen LogP contribution in [0.3, 0.4) is 0 Å². The third kappa shape index (κ3) is 5.04. The van der Waals surface area contributed by atoms with Crippen LogP contribution in [-0.4, -0.2) is 32.2 Å². The number of nitrogens with zero attached hydrogens (tertiary/aromatic N) is 3. The molecule has 6 nitrogen and oxygen atoms in total. The molecule has 0 aliphatic carbocycles. The number of thioether (sulfide) groups is 1. The summed E-state index contributed by atoms with van der Waals surface area (Å²) in [6.45, 7) is 4.07. The number of nitrogens with one attached hydrogen (secondary N) is 1. The number of carbonyl (C=O) groups is 2. The number of amides is 1. The third-order valence-electron chi connectivity index (χ3n) is 3.99. The molecule has 138 valence electrons. The molecule has 3 rings (SSSR count). The Kier molecular flexibility index (Phi) is 6.03. The molecule has 0 spiro atoms. The molecular formula is C20H20N4O2S. The number of hydrogen-bond acceptors (Lipinski definition) is 5. The van der Waals surface area contributed by atoms with Gasteiger partial charge < -0.3 is 9.88 Å². The molecule has 0 aliphatic rings. The summed E-state index contributed by atoms with van der Waals surface area (Å²) in [5.74, 6) is 0.891. The van der Waals surface area contributed by atoms with Crippen LogP contribution in [0.15, 0.2) is 59.8 Å². The molecule has 0 saturated carbocycles. The van der Waals surface area contributed by atoms with Crippen molar-refractivity contribution in [2.75, 3.05) is 11.1 Å². The van der Waals surface area contributed by atoms with Crippen LogP contribution in [0, 0.1) is 6.92 Å². The number of rotatable bonds is 7. The van der Waals surface area contributed by atoms with E-state index in [1.165, 1.54) is 18.7 Å². The van der Waals surface area contributed by atoms with E-state index >= 15 is 0 Å². The lowest BCUT2D eigenvalue weighted by Gasteiger charge is -2.09. The molecule has 0 aliphatic heterocycles. The van der Waals surface area contributed by atoms with Crippen molar-refractivity contribution in [3.63, 3.8) is 0 Å². The van der Waals surface area contributed by atoms with Gasteiger partial charge in [0.1, 0.15) is 5.82 Å². The average Bonchev–Trinajstić information content (AvgIpc) is 3.01. The zero-order valence-electron chi connectivity index (χ0n) is 15.2. The summed E-state index contributed by atoms with van der Waals surface area (Å²) in [6.07, 6.45) is 0. The summed E-state index contributed by atoms with van der Waals surface area (Å²) >= 11 is 1.35. The number of carbonyl (C=O) groups excluding carboxylic acids is 2. The van der Waals surface area contributed by atoms with E-state index < -0.39 is 0 Å². The number of anilines is 1. The average molecular weight is 380 g/mol. The van der Waals surface area contributed by atoms with Crippen molar-refractivity contribution in [2.24, 2.45) is 0 Å². The molecule has 0 atom stereocenters. The zero-order valence-corrected chi connectivity index (χ0v) is 16.0. The second kappa shape index (κ2) is 8.64. The first kappa shape index (κ1) is 18.8. The normalized spacial score (nSPS) is 10.6. The van der Waals surface area contributed by atoms with Crippen molar-refractivity contribution in [1.82, 2.24) is 14.8 Å². The Labute approximate surface area is 162 Å². The maximum absolute atomic E-state index is 12.2. The molecule has 0 unspecified atom stereocenters. The van der Waals surface area contributed by atoms with Crippen molar-refractivity contribution >= 4 is 29.1 Å². The third-order valence-corrected chi connectivity index (χ3v) is 4.96. The van der Waals surface area contributed by atoms with Gasteiger partial charge in [0, 0.05) is 11.3 Å². The van der Waals surface area contributed by atoms with Gasteiger partial charge in [-0.15, -0.1) is 10.2 Å². The second-order valence-corrected chi connectivity index (χ2v) is 7.01. The molecule has 0 bridgehead atoms. The Morgan fingerprint density at radius 2 is 1.74 bits per heavy atom. The Hall–Kier alpha value is -2.93. The van der Waals surface area contributed by atoms with E-state index in [1.54, 1.807) is 24.3 Å². The van der Waals surface area contributed by atoms with Crippen LogP contribution in [0.1, 0.15) is 28.7 Å². The van der Waals surface area contributed by atoms with Gasteiger partial charge in [0.2, 0.25) is 5.91 Å². The molecule has 1 aromatic heterocycles. The fourth-order valence-electron chi connectivity index (χ4n) is 2.53. The largest absolute Gasteiger partial charge is 0.325 e. The molecule has 2 aromatic carbocycles. The van der Waals surface area contributed by atoms with E-state index in [2.05, 4.69) is 15.5 Å². The van der Waals surface area contributed by atoms with Gasteiger partial charge in [-0.3, -0.25) is 9.59 Å². The van der Waals surface area contributed by atoms with Crippen molar-refractivity contribution in [1.29, 1.82) is 0 Å². The summed E-state index contributed by atoms with van der Waals surface area (Å²) in [7, 11) is 0. The minimum absolute atomic E-state index is 0.00319. The molecular weight excluding hydrogens is 360 g/mol. The van der Waals surface area contributed by atoms with Crippen LogP contribution in [0.5, 0.6) is 0 Å². The molecule has 27 heavy (non-hydrogen) atoms. The molecule has 1 N–H and O–H groups in total. The monoisotopic (exact) mass is 380 g/mol. The Bertz CT molecular complexity index is 936. The molecule has 1 heterocycles. The maximum Gasteiger partial charge on any atom is 0.234 e. The van der Waals surface area contributed by atoms with Gasteiger partial charge >= 0.3 is 0 Å². The number of ketones is 1. The first-order valence-corrected chi connectivity index (χ1v) is 9.49. The highest BCUT2D eigenvalue weighted by molar-refractivity contribution is 7.99. The van der Waals surface area contributed by atoms with Crippen LogP contribution in [-0.2, 0) is 11.3 Å². The van der Waals surface area contributed by atoms with E-state index in [4.69, 9.17) is 0 Å². The minimum Gasteiger partial charge on any atom is -0.325 e. The van der Waals surface area contributed by atoms with Gasteiger partial charge in [-0.2, -0.15) is 0 Å². The van der Waals surface area contributed by atoms with Gasteiger partial charge in [0.05, 0.1) is 12.3 Å². The van der Waals surface area contributed by atoms with Crippen LogP contribution >= 0.6 is 11.8 Å². The minimum atomic E-state index is -0.137. The van der Waals surface area contributed by atoms with E-state index in [0.717, 1.165) is 11.4 Å². The Morgan fingerprint density at radius 1 is 1.04 bits per heavy atom. The predicted octanol–water partition coefficient (Wildman–Crippen LogP) is 3.57. The van der Waals surface area contributed by atoms with Crippen LogP contribution in [0.2, 0.25) is 0 Å². The standard InChI is InChI=1S/C20H20N4O2S/c1-14(25)17-8-10-18(11-9-17)21-19(26)13-27-20-23-22-15(2)24(20)12-16-6-4-3-5-7-16/h3-11H,12-13H2,1-2H3,(H,21,26). The van der Waals surface area contributed by atoms with E-state index in [0.29, 0.717) is 23.0 Å². The Morgan fingerprint density at radius 3 is 2.41 bits per heavy atom. The lowest BCUT2D eigenvalue weighted by Crippen LogP contribution is -2.15. The van der Waals surface area contributed by atoms with Crippen molar-refractivity contribution in [2.45, 2.75) is 25.5 Å². The summed E-state index contributed by atoms with van der Waals surface area (Å²) < 4.78 is 1.99. The first-order valence-electron chi connectivity index (χ1n) is 8.50. The van der Waals surface area contributed by atoms with Crippen LogP contribution < -0.4 is 5.32 Å². The molecule has 0 radical (unpaired) electrons. The van der Waals surface area contributed by atoms with Gasteiger partial charge in [-0.25, -0.2) is 0 Å². The van der Waals surface area contributed by atoms with Crippen molar-refractivity contribution < 1.29 is 9.59 Å². The highest BCUT2D eigenvalue weighted by Gasteiger charge is 2.12. The molecule has 0 fully saturated rings. The number of aryl methyl sites for hydroxylation is 1. The quantitative estimate of drug-likeness (QED) is 0.501. The zero-order chi connectivity index (χ0) is 19.2. The number of Topliss-reactive ketones (excluding diaryl/α,β-unsaturated/α-hetero) is 1. The highest BCUT2D eigenvalue weighted by atomic mass is 32.2. The SMILES string of the molecule is CC(=O)c1ccc(NC(=O)CSc2nnc(C)n2Cc2ccccc2)cc1. The maximum atomic E-state index is 12.2. The summed E-state index contributed by atoms with van der Waals surface area (Å²) in [6, 6.07) is 16.9. The molecule has 1 amide bonds. The van der Waals surface area contributed by atoms with Gasteiger partial charge in [0.15, 0.2) is 10.9 Å². The highest BCUT2D eigenvalue weighted by Crippen LogP contribution is 2.19. The van der Waals surface area contributed by atoms with Gasteiger partial charge in [0.25, 0.3) is 0 Å². The second-order valence-electron chi connectivity index (χ2n) is 6.07. The van der Waals surface area contributed by atoms with Crippen LogP contribution in [0.25, 0.3) is 0 Å². The van der Waals surface area contributed by atoms with E-state index in [9.17, 15) is 9.59 Å². The fourth-order valence-corrected chi connectivity index (χ4v) is 3.32. The van der Waals surface area contributed by atoms with Gasteiger partial charge in [-0.1, -0.05) is 42.1 Å². The fraction of sp³-hybridized carbons (Fsp3) is 0.200. The number of benzene rings is 2. The summed E-state index contributed by atoms with van der Waals surface area (Å²) in [5, 5.41) is 11.8. The first-order chi connectivity index (χ1) is 13.0. The Balaban J connectivity index is 1.60. The lowest BCUT2D eigenvalue weighted by molar-refractivity contribution is -0.113. The molecule has 3 aromatic rings. The van der Waals surface area contributed by atoms with E-state index in [1.807, 2.05) is 41.8 Å². The predicted molar refractivity (Wildman–Crippen MR) is 106 cm³/mol. The molecule has 7 heteroatoms. The van der Waals surface area contributed by atoms with E-state index in [-0.39, 0.29) is 17.4 Å². The smallest absolute Gasteiger partial charge is 0.234 e. The lowest BCUT2D eigenvalue weighted by atomic mass is 10.1. The van der Waals surface area contributed by atoms with Crippen LogP contribution in [0.4, 0.5) is 5.69 Å². The summed E-state index contributed by atoms with van der Waals surface area (Å²) in [4.78, 5) is 23.5. The number of aromatic nitrogens is 3. The van der Waals surface area contributed by atoms with Gasteiger partial charge in [-0.05, 0) is 43.7 Å². The summed E-state index contributed by atoms with van der Waals surface area (Å²) in [5.41, 5.74) is 2.43. The van der Waals surface area contributed by atoms with Crippen molar-refractivity contribution in [3.05, 3.63) is 71.5 Å². The number of hydrogen-bond donors (Lipinski definition) is 1. The van der Waals surface area contributed by atoms with Crippen molar-refractivity contribution in [3.8, 4) is 0 Å².